The summed E-state index contributed by atoms with van der Waals surface area (Å²) >= 11 is 0. The van der Waals surface area contributed by atoms with Gasteiger partial charge in [-0.3, -0.25) is 4.79 Å². The van der Waals surface area contributed by atoms with Crippen molar-refractivity contribution in [2.45, 2.75) is 55.4 Å². The molecule has 0 amide bonds. The predicted molar refractivity (Wildman–Crippen MR) is 277 cm³/mol. The highest BCUT2D eigenvalue weighted by Crippen LogP contribution is 2.41. The van der Waals surface area contributed by atoms with E-state index in [9.17, 15) is 33.6 Å². The van der Waals surface area contributed by atoms with Gasteiger partial charge in [-0.25, -0.2) is 28.8 Å². The number of carbonyl (C=O) groups excluding carboxylic acids is 7. The van der Waals surface area contributed by atoms with Gasteiger partial charge in [0, 0.05) is 6.92 Å². The minimum Gasteiger partial charge on any atom is -0.466 e. The zero-order valence-electron chi connectivity index (χ0n) is 44.0. The lowest BCUT2D eigenvalue weighted by atomic mass is 10.1. The van der Waals surface area contributed by atoms with Crippen molar-refractivity contribution in [3.63, 3.8) is 0 Å². The number of benzene rings is 6. The van der Waals surface area contributed by atoms with Crippen LogP contribution in [0.5, 0.6) is 69.0 Å². The first-order valence-corrected chi connectivity index (χ1v) is 24.7. The second-order valence-electron chi connectivity index (χ2n) is 15.8. The molecule has 408 valence electrons. The number of ether oxygens (including phenoxy) is 13. The fourth-order valence-electron chi connectivity index (χ4n) is 7.09. The highest BCUT2D eigenvalue weighted by molar-refractivity contribution is 6.01. The molecule has 6 aromatic rings. The van der Waals surface area contributed by atoms with Gasteiger partial charge in [-0.15, -0.1) is 0 Å². The number of hydrogen-bond acceptors (Lipinski definition) is 20. The largest absolute Gasteiger partial charge is 0.466 e. The molecule has 0 unspecified atom stereocenters. The Morgan fingerprint density at radius 3 is 0.513 bits per heavy atom. The van der Waals surface area contributed by atoms with Gasteiger partial charge in [-0.05, 0) is 158 Å². The number of esters is 7. The monoisotopic (exact) mass is 1070 g/mol. The first-order valence-electron chi connectivity index (χ1n) is 24.7. The quantitative estimate of drug-likeness (QED) is 0.0770. The van der Waals surface area contributed by atoms with E-state index in [1.54, 1.807) is 48.5 Å². The van der Waals surface area contributed by atoms with E-state index in [-0.39, 0.29) is 148 Å². The van der Waals surface area contributed by atoms with E-state index in [1.807, 2.05) is 0 Å². The standard InChI is InChI=1S/C54H48O18.C4H8O2/c1-7-61-49(55)37-25-44-38(50(56)62-8-2)26-43(37)67-31-13-15-33(16-14-31)69-45-27-40(52(58)64-10-4)47(28-39(45)51(57)63-9-3)71-35-21-23-36(24-22-35)72-48-30-41(53(59)65-11-5)46(29-42(48)54(60)66-12-6)70-34-19-17-32(68-44)18-20-34;1-3-6-4(2)5/h13-30H,7-12H2,1-6H3;3H2,1-2H3. The lowest BCUT2D eigenvalue weighted by Crippen LogP contribution is -2.12. The second kappa shape index (κ2) is 27.8. The maximum atomic E-state index is 13.5. The second-order valence-corrected chi connectivity index (χ2v) is 15.8. The van der Waals surface area contributed by atoms with E-state index >= 15 is 0 Å². The van der Waals surface area contributed by atoms with Crippen molar-refractivity contribution in [1.29, 1.82) is 0 Å². The van der Waals surface area contributed by atoms with Gasteiger partial charge in [0.2, 0.25) is 0 Å². The SMILES string of the molecule is CCOC(=O)c1cc2c(C(=O)OCC)cc1Oc1ccc(cc1)Oc1cc(C(=O)OCC)c(cc1C(=O)OCC)Oc1ccc(cc1)Oc1cc(C(=O)OCC)c(cc1C(=O)OCC)Oc1ccc(cc1)O2.CCOC(C)=O. The van der Waals surface area contributed by atoms with Crippen LogP contribution in [0, 0.1) is 0 Å². The molecule has 0 saturated carbocycles. The number of hydrogen-bond donors (Lipinski definition) is 0. The van der Waals surface area contributed by atoms with Crippen molar-refractivity contribution in [1.82, 2.24) is 0 Å². The zero-order chi connectivity index (χ0) is 56.3. The van der Waals surface area contributed by atoms with Gasteiger partial charge in [0.25, 0.3) is 0 Å². The molecule has 0 N–H and O–H groups in total. The van der Waals surface area contributed by atoms with Crippen LogP contribution in [0.25, 0.3) is 0 Å². The summed E-state index contributed by atoms with van der Waals surface area (Å²) in [6.45, 7) is 13.4. The third kappa shape index (κ3) is 15.0. The third-order valence-electron chi connectivity index (χ3n) is 10.4. The number of carbonyl (C=O) groups is 7. The molecule has 0 fully saturated rings. The summed E-state index contributed by atoms with van der Waals surface area (Å²) in [4.78, 5) is 90.9. The van der Waals surface area contributed by atoms with Crippen LogP contribution in [-0.2, 0) is 38.0 Å². The molecule has 16 aliphatic rings. The molecule has 0 spiro atoms. The topological polar surface area (TPSA) is 239 Å². The van der Waals surface area contributed by atoms with Gasteiger partial charge in [0.15, 0.2) is 0 Å². The minimum atomic E-state index is -0.799. The van der Waals surface area contributed by atoms with Gasteiger partial charge in [0.05, 0.1) is 46.2 Å². The summed E-state index contributed by atoms with van der Waals surface area (Å²) in [5, 5.41) is 0. The Labute approximate surface area is 448 Å². The van der Waals surface area contributed by atoms with Crippen molar-refractivity contribution in [3.05, 3.63) is 143 Å². The molecule has 0 atom stereocenters. The summed E-state index contributed by atoms with van der Waals surface area (Å²) in [5.41, 5.74) is -0.668. The molecule has 0 radical (unpaired) electrons. The van der Waals surface area contributed by atoms with E-state index in [1.165, 1.54) is 116 Å². The lowest BCUT2D eigenvalue weighted by Gasteiger charge is -2.18. The molecule has 20 nitrogen and oxygen atoms in total. The summed E-state index contributed by atoms with van der Waals surface area (Å²) < 4.78 is 73.8. The maximum absolute atomic E-state index is 13.5. The van der Waals surface area contributed by atoms with E-state index in [4.69, 9.17) is 56.8 Å². The summed E-state index contributed by atoms with van der Waals surface area (Å²) in [6.07, 6.45) is 0. The average molecular weight is 1070 g/mol. The highest BCUT2D eigenvalue weighted by Gasteiger charge is 2.28. The minimum absolute atomic E-state index is 0.00225. The Morgan fingerprint density at radius 1 is 0.269 bits per heavy atom. The fraction of sp³-hybridized carbons (Fsp3) is 0.259. The van der Waals surface area contributed by atoms with Crippen LogP contribution in [0.2, 0.25) is 0 Å². The Morgan fingerprint density at radius 2 is 0.410 bits per heavy atom. The van der Waals surface area contributed by atoms with Crippen LogP contribution in [0.4, 0.5) is 0 Å². The lowest BCUT2D eigenvalue weighted by molar-refractivity contribution is -0.140. The van der Waals surface area contributed by atoms with Crippen LogP contribution in [-0.4, -0.2) is 88.0 Å². The van der Waals surface area contributed by atoms with Gasteiger partial charge >= 0.3 is 41.8 Å². The van der Waals surface area contributed by atoms with Crippen LogP contribution in [0.3, 0.4) is 0 Å². The molecule has 0 aromatic heterocycles. The first-order chi connectivity index (χ1) is 37.6. The van der Waals surface area contributed by atoms with E-state index in [0.29, 0.717) is 6.61 Å². The molecule has 0 saturated heterocycles. The predicted octanol–water partition coefficient (Wildman–Crippen LogP) is 12.4. The van der Waals surface area contributed by atoms with Crippen LogP contribution in [0.1, 0.15) is 118 Å². The molecule has 6 aromatic carbocycles. The average Bonchev–Trinajstić information content (AvgIpc) is 3.41. The Kier molecular flexibility index (Phi) is 20.6. The molecule has 0 aliphatic carbocycles. The normalized spacial score (nSPS) is 11.1. The molecular formula is C58H56O20. The fourth-order valence-corrected chi connectivity index (χ4v) is 7.09. The Hall–Kier alpha value is -9.59. The van der Waals surface area contributed by atoms with E-state index < -0.39 is 35.8 Å². The van der Waals surface area contributed by atoms with Crippen molar-refractivity contribution in [2.75, 3.05) is 46.2 Å². The molecule has 12 bridgehead atoms. The summed E-state index contributed by atoms with van der Waals surface area (Å²) in [7, 11) is 0. The Balaban J connectivity index is 0.00000155. The van der Waals surface area contributed by atoms with Gasteiger partial charge < -0.3 is 61.6 Å². The van der Waals surface area contributed by atoms with E-state index in [0.717, 1.165) is 0 Å². The maximum Gasteiger partial charge on any atom is 0.342 e. The zero-order valence-corrected chi connectivity index (χ0v) is 44.0. The first kappa shape index (κ1) is 57.7. The number of rotatable bonds is 13. The Bertz CT molecular complexity index is 2600. The highest BCUT2D eigenvalue weighted by atomic mass is 16.6. The van der Waals surface area contributed by atoms with E-state index in [2.05, 4.69) is 4.74 Å². The molecule has 20 heteroatoms. The van der Waals surface area contributed by atoms with Crippen LogP contribution >= 0.6 is 0 Å². The molecule has 22 rings (SSSR count). The molecule has 78 heavy (non-hydrogen) atoms. The van der Waals surface area contributed by atoms with Crippen molar-refractivity contribution < 1.29 is 95.1 Å². The van der Waals surface area contributed by atoms with Gasteiger partial charge in [-0.1, -0.05) is 0 Å². The van der Waals surface area contributed by atoms with Crippen LogP contribution in [0.15, 0.2) is 109 Å². The van der Waals surface area contributed by atoms with Crippen molar-refractivity contribution >= 4 is 41.8 Å². The third-order valence-corrected chi connectivity index (χ3v) is 10.4. The van der Waals surface area contributed by atoms with Crippen molar-refractivity contribution in [2.24, 2.45) is 0 Å². The van der Waals surface area contributed by atoms with Gasteiger partial charge in [-0.2, -0.15) is 0 Å². The summed E-state index contributed by atoms with van der Waals surface area (Å²) in [6, 6.07) is 25.8. The van der Waals surface area contributed by atoms with Crippen LogP contribution < -0.4 is 28.4 Å². The van der Waals surface area contributed by atoms with Gasteiger partial charge in [0.1, 0.15) is 102 Å². The van der Waals surface area contributed by atoms with Crippen molar-refractivity contribution in [3.8, 4) is 69.0 Å². The summed E-state index contributed by atoms with van der Waals surface area (Å²) in [5.74, 6) is -4.48. The smallest absolute Gasteiger partial charge is 0.342 e. The molecular weight excluding hydrogens is 1020 g/mol. The molecule has 16 heterocycles. The molecule has 16 aliphatic heterocycles.